The molecule has 0 aliphatic carbocycles. The van der Waals surface area contributed by atoms with E-state index in [0.717, 1.165) is 6.92 Å². The van der Waals surface area contributed by atoms with Crippen LogP contribution in [-0.4, -0.2) is 12.1 Å². The van der Waals surface area contributed by atoms with Gasteiger partial charge in [-0.3, -0.25) is 10.5 Å². The van der Waals surface area contributed by atoms with E-state index >= 15 is 0 Å². The average molecular weight is 91.1 g/mol. The fourth-order valence-corrected chi connectivity index (χ4v) is 0. The number of nitrogens with two attached hydrogens (primary N) is 1. The molecule has 0 aromatic heterocycles. The lowest BCUT2D eigenvalue weighted by Gasteiger charge is -1.87. The Kier molecular flexibility index (Phi) is 1.73. The lowest BCUT2D eigenvalue weighted by molar-refractivity contribution is -0.121. The summed E-state index contributed by atoms with van der Waals surface area (Å²) in [5.74, 6) is -0.630. The standard InChI is InChI=1S/C3H6FNO/c1-2(6)3(4)5/h3H,5H2,1H3. The van der Waals surface area contributed by atoms with Crippen LogP contribution in [0.5, 0.6) is 0 Å². The highest BCUT2D eigenvalue weighted by atomic mass is 19.1. The number of carbonyl (C=O) groups is 1. The molecule has 1 unspecified atom stereocenters. The Balaban J connectivity index is 3.26. The van der Waals surface area contributed by atoms with Gasteiger partial charge < -0.3 is 0 Å². The molecule has 0 aromatic rings. The quantitative estimate of drug-likeness (QED) is 0.455. The fraction of sp³-hybridized carbons (Fsp3) is 0.667. The summed E-state index contributed by atoms with van der Waals surface area (Å²) in [4.78, 5) is 9.64. The number of hydrogen-bond donors (Lipinski definition) is 1. The van der Waals surface area contributed by atoms with E-state index in [1.54, 1.807) is 0 Å². The van der Waals surface area contributed by atoms with E-state index in [-0.39, 0.29) is 0 Å². The summed E-state index contributed by atoms with van der Waals surface area (Å²) in [5, 5.41) is 0. The smallest absolute Gasteiger partial charge is 0.207 e. The molecule has 0 bridgehead atoms. The normalized spacial score (nSPS) is 13.8. The van der Waals surface area contributed by atoms with E-state index in [2.05, 4.69) is 5.73 Å². The molecule has 36 valence electrons. The van der Waals surface area contributed by atoms with E-state index in [1.165, 1.54) is 0 Å². The van der Waals surface area contributed by atoms with Crippen LogP contribution in [0.2, 0.25) is 0 Å². The summed E-state index contributed by atoms with van der Waals surface area (Å²) in [6.07, 6.45) is -1.79. The van der Waals surface area contributed by atoms with Crippen molar-refractivity contribution in [3.63, 3.8) is 0 Å². The van der Waals surface area contributed by atoms with Gasteiger partial charge in [-0.1, -0.05) is 0 Å². The molecular formula is C3H6FNO. The summed E-state index contributed by atoms with van der Waals surface area (Å²) in [6, 6.07) is 0. The van der Waals surface area contributed by atoms with Crippen molar-refractivity contribution in [1.82, 2.24) is 0 Å². The van der Waals surface area contributed by atoms with E-state index < -0.39 is 12.1 Å². The molecule has 3 heteroatoms. The van der Waals surface area contributed by atoms with Crippen LogP contribution in [0.3, 0.4) is 0 Å². The van der Waals surface area contributed by atoms with E-state index in [1.807, 2.05) is 0 Å². The van der Waals surface area contributed by atoms with E-state index in [4.69, 9.17) is 0 Å². The summed E-state index contributed by atoms with van der Waals surface area (Å²) in [5.41, 5.74) is 4.42. The first-order valence-corrected chi connectivity index (χ1v) is 1.54. The van der Waals surface area contributed by atoms with Gasteiger partial charge in [-0.2, -0.15) is 0 Å². The lowest BCUT2D eigenvalue weighted by atomic mass is 10.4. The monoisotopic (exact) mass is 91.0 g/mol. The first kappa shape index (κ1) is 5.56. The predicted molar refractivity (Wildman–Crippen MR) is 19.8 cm³/mol. The van der Waals surface area contributed by atoms with Crippen LogP contribution in [0, 0.1) is 0 Å². The molecule has 2 nitrogen and oxygen atoms in total. The van der Waals surface area contributed by atoms with Crippen molar-refractivity contribution in [3.05, 3.63) is 0 Å². The second-order valence-electron chi connectivity index (χ2n) is 1.01. The number of hydrogen-bond acceptors (Lipinski definition) is 2. The van der Waals surface area contributed by atoms with Crippen LogP contribution in [0.1, 0.15) is 6.92 Å². The van der Waals surface area contributed by atoms with Gasteiger partial charge >= 0.3 is 0 Å². The summed E-state index contributed by atoms with van der Waals surface area (Å²) in [6.45, 7) is 1.10. The summed E-state index contributed by atoms with van der Waals surface area (Å²) >= 11 is 0. The van der Waals surface area contributed by atoms with Gasteiger partial charge in [0.25, 0.3) is 0 Å². The third-order valence-corrected chi connectivity index (χ3v) is 0.388. The molecule has 0 spiro atoms. The van der Waals surface area contributed by atoms with Crippen molar-refractivity contribution in [3.8, 4) is 0 Å². The van der Waals surface area contributed by atoms with Gasteiger partial charge in [0.15, 0.2) is 5.78 Å². The number of ketones is 1. The van der Waals surface area contributed by atoms with Gasteiger partial charge in [-0.15, -0.1) is 0 Å². The van der Waals surface area contributed by atoms with Gasteiger partial charge in [0.2, 0.25) is 6.30 Å². The van der Waals surface area contributed by atoms with Crippen molar-refractivity contribution in [2.24, 2.45) is 5.73 Å². The van der Waals surface area contributed by atoms with Gasteiger partial charge in [-0.05, 0) is 6.92 Å². The van der Waals surface area contributed by atoms with Crippen LogP contribution in [0.25, 0.3) is 0 Å². The van der Waals surface area contributed by atoms with Gasteiger partial charge in [0.1, 0.15) is 0 Å². The third-order valence-electron chi connectivity index (χ3n) is 0.388. The second kappa shape index (κ2) is 1.87. The largest absolute Gasteiger partial charge is 0.295 e. The van der Waals surface area contributed by atoms with Crippen molar-refractivity contribution in [1.29, 1.82) is 0 Å². The molecule has 0 aromatic carbocycles. The zero-order valence-electron chi connectivity index (χ0n) is 3.44. The Hall–Kier alpha value is -0.440. The van der Waals surface area contributed by atoms with Gasteiger partial charge in [0.05, 0.1) is 0 Å². The highest BCUT2D eigenvalue weighted by molar-refractivity contribution is 5.79. The van der Waals surface area contributed by atoms with Crippen LogP contribution >= 0.6 is 0 Å². The third kappa shape index (κ3) is 1.84. The molecule has 0 fully saturated rings. The Morgan fingerprint density at radius 1 is 2.00 bits per heavy atom. The molecule has 0 aliphatic rings. The first-order chi connectivity index (χ1) is 2.64. The Bertz CT molecular complexity index is 61.8. The molecule has 0 saturated carbocycles. The molecule has 0 aliphatic heterocycles. The molecule has 6 heavy (non-hydrogen) atoms. The maximum atomic E-state index is 11.3. The summed E-state index contributed by atoms with van der Waals surface area (Å²) < 4.78 is 11.3. The number of halogens is 1. The Labute approximate surface area is 35.1 Å². The van der Waals surface area contributed by atoms with Crippen molar-refractivity contribution in [2.75, 3.05) is 0 Å². The average Bonchev–Trinajstić information content (AvgIpc) is 1.36. The highest BCUT2D eigenvalue weighted by Gasteiger charge is 2.00. The van der Waals surface area contributed by atoms with Crippen LogP contribution in [0.15, 0.2) is 0 Å². The highest BCUT2D eigenvalue weighted by Crippen LogP contribution is 1.76. The Morgan fingerprint density at radius 3 is 2.17 bits per heavy atom. The summed E-state index contributed by atoms with van der Waals surface area (Å²) in [7, 11) is 0. The number of rotatable bonds is 1. The molecule has 0 amide bonds. The predicted octanol–water partition coefficient (Wildman–Crippen LogP) is -0.170. The van der Waals surface area contributed by atoms with Crippen molar-refractivity contribution in [2.45, 2.75) is 13.2 Å². The number of alkyl halides is 1. The molecular weight excluding hydrogens is 85.0 g/mol. The Morgan fingerprint density at radius 2 is 2.17 bits per heavy atom. The van der Waals surface area contributed by atoms with Crippen molar-refractivity contribution >= 4 is 5.78 Å². The van der Waals surface area contributed by atoms with Gasteiger partial charge in [0, 0.05) is 0 Å². The van der Waals surface area contributed by atoms with Crippen LogP contribution in [0.4, 0.5) is 4.39 Å². The molecule has 0 rings (SSSR count). The second-order valence-corrected chi connectivity index (χ2v) is 1.01. The zero-order valence-corrected chi connectivity index (χ0v) is 3.44. The first-order valence-electron chi connectivity index (χ1n) is 1.54. The minimum absolute atomic E-state index is 0.630. The maximum absolute atomic E-state index is 11.3. The SMILES string of the molecule is CC(=O)C(N)F. The topological polar surface area (TPSA) is 43.1 Å². The molecule has 0 saturated heterocycles. The lowest BCUT2D eigenvalue weighted by Crippen LogP contribution is -2.21. The molecule has 0 radical (unpaired) electrons. The zero-order chi connectivity index (χ0) is 5.15. The number of carbonyl (C=O) groups excluding carboxylic acids is 1. The van der Waals surface area contributed by atoms with Crippen LogP contribution < -0.4 is 5.73 Å². The van der Waals surface area contributed by atoms with Crippen molar-refractivity contribution < 1.29 is 9.18 Å². The fourth-order valence-electron chi connectivity index (χ4n) is 0. The van der Waals surface area contributed by atoms with E-state index in [0.29, 0.717) is 0 Å². The van der Waals surface area contributed by atoms with Crippen LogP contribution in [-0.2, 0) is 4.79 Å². The molecule has 0 heterocycles. The number of Topliss-reactive ketones (excluding diaryl/α,β-unsaturated/α-hetero) is 1. The minimum Gasteiger partial charge on any atom is -0.295 e. The van der Waals surface area contributed by atoms with E-state index in [9.17, 15) is 9.18 Å². The maximum Gasteiger partial charge on any atom is 0.207 e. The minimum atomic E-state index is -1.79. The van der Waals surface area contributed by atoms with Gasteiger partial charge in [-0.25, -0.2) is 4.39 Å². The molecule has 2 N–H and O–H groups in total. The molecule has 1 atom stereocenters.